The van der Waals surface area contributed by atoms with E-state index in [2.05, 4.69) is 0 Å². The van der Waals surface area contributed by atoms with Gasteiger partial charge in [-0.15, -0.1) is 0 Å². The molecule has 13 nitrogen and oxygen atoms in total. The van der Waals surface area contributed by atoms with Crippen LogP contribution < -0.4 is 4.74 Å². The van der Waals surface area contributed by atoms with Gasteiger partial charge in [-0.1, -0.05) is 12.1 Å². The van der Waals surface area contributed by atoms with E-state index in [9.17, 15) is 29.3 Å². The summed E-state index contributed by atoms with van der Waals surface area (Å²) >= 11 is 0. The fourth-order valence-electron chi connectivity index (χ4n) is 3.12. The SMILES string of the molecule is CC(=O)OC[C@H]1O[C@H](Oc2ccccc2[N+](=O)[O-])[C@H](OC(C)=O)[C@@H](OC(C)=O)[C@@H]1OC(C)=O. The summed E-state index contributed by atoms with van der Waals surface area (Å²) in [6, 6.07) is 5.35. The molecular weight excluding hydrogens is 446 g/mol. The Hall–Kier alpha value is -3.74. The molecule has 1 heterocycles. The highest BCUT2D eigenvalue weighted by Gasteiger charge is 2.53. The highest BCUT2D eigenvalue weighted by atomic mass is 16.7. The lowest BCUT2D eigenvalue weighted by Gasteiger charge is -2.43. The largest absolute Gasteiger partial charge is 0.463 e. The Morgan fingerprint density at radius 1 is 0.879 bits per heavy atom. The molecule has 1 fully saturated rings. The number of nitro benzene ring substituents is 1. The molecule has 33 heavy (non-hydrogen) atoms. The number of carbonyl (C=O) groups is 4. The number of rotatable bonds is 8. The van der Waals surface area contributed by atoms with Crippen LogP contribution in [-0.4, -0.2) is 66.1 Å². The molecule has 2 rings (SSSR count). The molecule has 5 atom stereocenters. The van der Waals surface area contributed by atoms with Crippen molar-refractivity contribution in [2.45, 2.75) is 58.4 Å². The molecule has 1 saturated heterocycles. The first-order chi connectivity index (χ1) is 15.5. The normalized spacial score (nSPS) is 24.2. The summed E-state index contributed by atoms with van der Waals surface area (Å²) in [5.41, 5.74) is -0.412. The monoisotopic (exact) mass is 469 g/mol. The van der Waals surface area contributed by atoms with Gasteiger partial charge in [-0.25, -0.2) is 0 Å². The molecule has 0 bridgehead atoms. The first kappa shape index (κ1) is 25.5. The van der Waals surface area contributed by atoms with Crippen LogP contribution in [0.1, 0.15) is 27.7 Å². The fourth-order valence-corrected chi connectivity index (χ4v) is 3.12. The van der Waals surface area contributed by atoms with Crippen molar-refractivity contribution < 1.29 is 52.5 Å². The maximum absolute atomic E-state index is 11.8. The predicted molar refractivity (Wildman–Crippen MR) is 106 cm³/mol. The summed E-state index contributed by atoms with van der Waals surface area (Å²) in [6.45, 7) is 3.91. The number of carbonyl (C=O) groups excluding carboxylic acids is 4. The Bertz CT molecular complexity index is 916. The van der Waals surface area contributed by atoms with Gasteiger partial charge >= 0.3 is 29.6 Å². The molecule has 0 spiro atoms. The van der Waals surface area contributed by atoms with Crippen LogP contribution in [0.3, 0.4) is 0 Å². The number of nitrogens with zero attached hydrogens (tertiary/aromatic N) is 1. The second-order valence-electron chi connectivity index (χ2n) is 6.91. The second-order valence-corrected chi connectivity index (χ2v) is 6.91. The molecule has 180 valence electrons. The van der Waals surface area contributed by atoms with E-state index in [0.717, 1.165) is 27.7 Å². The van der Waals surface area contributed by atoms with Crippen molar-refractivity contribution in [3.63, 3.8) is 0 Å². The lowest BCUT2D eigenvalue weighted by molar-refractivity contribution is -0.387. The summed E-state index contributed by atoms with van der Waals surface area (Å²) in [4.78, 5) is 57.3. The summed E-state index contributed by atoms with van der Waals surface area (Å²) in [5, 5.41) is 11.4. The maximum Gasteiger partial charge on any atom is 0.311 e. The lowest BCUT2D eigenvalue weighted by atomic mass is 9.98. The number of esters is 4. The van der Waals surface area contributed by atoms with Crippen LogP contribution in [0.15, 0.2) is 24.3 Å². The molecule has 0 aliphatic carbocycles. The fraction of sp³-hybridized carbons (Fsp3) is 0.500. The van der Waals surface area contributed by atoms with E-state index in [1.165, 1.54) is 24.3 Å². The molecular formula is C20H23NO12. The van der Waals surface area contributed by atoms with E-state index < -0.39 is 71.8 Å². The summed E-state index contributed by atoms with van der Waals surface area (Å²) in [6.07, 6.45) is -7.10. The molecule has 1 aliphatic rings. The van der Waals surface area contributed by atoms with E-state index in [4.69, 9.17) is 28.4 Å². The molecule has 0 amide bonds. The Morgan fingerprint density at radius 3 is 1.97 bits per heavy atom. The van der Waals surface area contributed by atoms with Crippen molar-refractivity contribution in [3.8, 4) is 5.75 Å². The van der Waals surface area contributed by atoms with Gasteiger partial charge in [-0.05, 0) is 6.07 Å². The highest BCUT2D eigenvalue weighted by Crippen LogP contribution is 2.34. The quantitative estimate of drug-likeness (QED) is 0.230. The van der Waals surface area contributed by atoms with Crippen molar-refractivity contribution in [1.29, 1.82) is 0 Å². The molecule has 13 heteroatoms. The summed E-state index contributed by atoms with van der Waals surface area (Å²) in [7, 11) is 0. The van der Waals surface area contributed by atoms with Gasteiger partial charge in [0.2, 0.25) is 12.4 Å². The minimum absolute atomic E-state index is 0.233. The van der Waals surface area contributed by atoms with Crippen LogP contribution in [0, 0.1) is 10.1 Å². The third-order valence-electron chi connectivity index (χ3n) is 4.25. The van der Waals surface area contributed by atoms with Crippen molar-refractivity contribution in [2.75, 3.05) is 6.61 Å². The minimum atomic E-state index is -1.56. The number of hydrogen-bond donors (Lipinski definition) is 0. The zero-order chi connectivity index (χ0) is 24.7. The van der Waals surface area contributed by atoms with Crippen molar-refractivity contribution in [2.24, 2.45) is 0 Å². The van der Waals surface area contributed by atoms with Gasteiger partial charge in [0, 0.05) is 33.8 Å². The van der Waals surface area contributed by atoms with E-state index in [0.29, 0.717) is 0 Å². The Labute approximate surface area is 188 Å². The number of para-hydroxylation sites is 2. The molecule has 1 aromatic carbocycles. The van der Waals surface area contributed by atoms with E-state index in [1.54, 1.807) is 0 Å². The van der Waals surface area contributed by atoms with Crippen LogP contribution >= 0.6 is 0 Å². The standard InChI is InChI=1S/C20H23NO12/c1-10(22)28-9-16-17(29-11(2)23)18(30-12(3)24)19(31-13(4)25)20(33-16)32-15-8-6-5-7-14(15)21(26)27/h5-8,16-20H,9H2,1-4H3/t16-,17-,18+,19-,20+/m1/s1. The Morgan fingerprint density at radius 2 is 1.42 bits per heavy atom. The highest BCUT2D eigenvalue weighted by molar-refractivity contribution is 5.68. The van der Waals surface area contributed by atoms with E-state index in [-0.39, 0.29) is 5.75 Å². The zero-order valence-corrected chi connectivity index (χ0v) is 18.2. The summed E-state index contributed by atoms with van der Waals surface area (Å²) < 4.78 is 32.1. The maximum atomic E-state index is 11.8. The van der Waals surface area contributed by atoms with Gasteiger partial charge in [0.1, 0.15) is 12.7 Å². The van der Waals surface area contributed by atoms with E-state index >= 15 is 0 Å². The van der Waals surface area contributed by atoms with Gasteiger partial charge in [-0.3, -0.25) is 29.3 Å². The minimum Gasteiger partial charge on any atom is -0.463 e. The predicted octanol–water partition coefficient (Wildman–Crippen LogP) is 1.06. The third kappa shape index (κ3) is 7.14. The van der Waals surface area contributed by atoms with Crippen LogP contribution in [0.2, 0.25) is 0 Å². The smallest absolute Gasteiger partial charge is 0.311 e. The Kier molecular flexibility index (Phi) is 8.68. The van der Waals surface area contributed by atoms with E-state index in [1.807, 2.05) is 0 Å². The van der Waals surface area contributed by atoms with Gasteiger partial charge < -0.3 is 28.4 Å². The lowest BCUT2D eigenvalue weighted by Crippen LogP contribution is -2.63. The molecule has 0 unspecified atom stereocenters. The number of hydrogen-bond acceptors (Lipinski definition) is 12. The van der Waals surface area contributed by atoms with Gasteiger partial charge in [0.15, 0.2) is 18.0 Å². The van der Waals surface area contributed by atoms with Crippen molar-refractivity contribution in [3.05, 3.63) is 34.4 Å². The van der Waals surface area contributed by atoms with Crippen LogP contribution in [0.4, 0.5) is 5.69 Å². The van der Waals surface area contributed by atoms with Gasteiger partial charge in [0.05, 0.1) is 4.92 Å². The number of nitro groups is 1. The molecule has 0 saturated carbocycles. The average molecular weight is 469 g/mol. The molecule has 0 aromatic heterocycles. The molecule has 1 aromatic rings. The molecule has 0 N–H and O–H groups in total. The van der Waals surface area contributed by atoms with Crippen LogP contribution in [0.25, 0.3) is 0 Å². The Balaban J connectivity index is 2.51. The van der Waals surface area contributed by atoms with Gasteiger partial charge in [-0.2, -0.15) is 0 Å². The average Bonchev–Trinajstić information content (AvgIpc) is 2.70. The molecule has 1 aliphatic heterocycles. The van der Waals surface area contributed by atoms with Crippen LogP contribution in [0.5, 0.6) is 5.75 Å². The first-order valence-corrected chi connectivity index (χ1v) is 9.70. The van der Waals surface area contributed by atoms with Crippen molar-refractivity contribution >= 4 is 29.6 Å². The number of benzene rings is 1. The first-order valence-electron chi connectivity index (χ1n) is 9.70. The van der Waals surface area contributed by atoms with Gasteiger partial charge in [0.25, 0.3) is 0 Å². The molecule has 0 radical (unpaired) electrons. The topological polar surface area (TPSA) is 167 Å². The zero-order valence-electron chi connectivity index (χ0n) is 18.2. The van der Waals surface area contributed by atoms with Crippen LogP contribution in [-0.2, 0) is 42.9 Å². The second kappa shape index (κ2) is 11.2. The van der Waals surface area contributed by atoms with Crippen molar-refractivity contribution in [1.82, 2.24) is 0 Å². The summed E-state index contributed by atoms with van der Waals surface area (Å²) in [5.74, 6) is -3.33. The third-order valence-corrected chi connectivity index (χ3v) is 4.25. The number of ether oxygens (including phenoxy) is 6.